The van der Waals surface area contributed by atoms with E-state index in [2.05, 4.69) is 42.2 Å². The Bertz CT molecular complexity index is 448. The van der Waals surface area contributed by atoms with E-state index < -0.39 is 0 Å². The molecule has 0 N–H and O–H groups in total. The average Bonchev–Trinajstić information content (AvgIpc) is 3.14. The Hall–Kier alpha value is -0.860. The van der Waals surface area contributed by atoms with Gasteiger partial charge in [0.2, 0.25) is 0 Å². The lowest BCUT2D eigenvalue weighted by atomic mass is 9.71. The molecule has 2 aliphatic rings. The summed E-state index contributed by atoms with van der Waals surface area (Å²) in [6.07, 6.45) is 10.7. The Balaban J connectivity index is 1.84. The molecule has 128 valence electrons. The van der Waals surface area contributed by atoms with Crippen molar-refractivity contribution in [3.8, 4) is 0 Å². The van der Waals surface area contributed by atoms with Crippen LogP contribution in [0.4, 0.5) is 0 Å². The molecule has 2 nitrogen and oxygen atoms in total. The summed E-state index contributed by atoms with van der Waals surface area (Å²) in [4.78, 5) is 2.64. The van der Waals surface area contributed by atoms with Crippen LogP contribution in [0.25, 0.3) is 0 Å². The monoisotopic (exact) mass is 315 g/mol. The van der Waals surface area contributed by atoms with Gasteiger partial charge < -0.3 is 9.64 Å². The van der Waals surface area contributed by atoms with E-state index in [0.717, 1.165) is 13.0 Å². The summed E-state index contributed by atoms with van der Waals surface area (Å²) in [6.45, 7) is 6.72. The lowest BCUT2D eigenvalue weighted by Crippen LogP contribution is -2.42. The zero-order chi connectivity index (χ0) is 16.0. The van der Waals surface area contributed by atoms with Gasteiger partial charge in [-0.1, -0.05) is 49.6 Å². The predicted octanol–water partition coefficient (Wildman–Crippen LogP) is 4.98. The van der Waals surface area contributed by atoms with Crippen LogP contribution in [0.15, 0.2) is 30.3 Å². The maximum absolute atomic E-state index is 6.59. The molecule has 1 aliphatic heterocycles. The highest BCUT2D eigenvalue weighted by molar-refractivity contribution is 5.24. The number of hydrogen-bond donors (Lipinski definition) is 0. The summed E-state index contributed by atoms with van der Waals surface area (Å²) in [5.74, 6) is 0.682. The largest absolute Gasteiger partial charge is 0.370 e. The van der Waals surface area contributed by atoms with Gasteiger partial charge in [0.15, 0.2) is 0 Å². The molecule has 1 saturated carbocycles. The van der Waals surface area contributed by atoms with E-state index in [4.69, 9.17) is 4.74 Å². The third kappa shape index (κ3) is 3.97. The number of likely N-dealkylation sites (tertiary alicyclic amines) is 1. The van der Waals surface area contributed by atoms with Crippen molar-refractivity contribution in [1.29, 1.82) is 0 Å². The molecule has 1 aromatic rings. The van der Waals surface area contributed by atoms with Crippen LogP contribution < -0.4 is 0 Å². The molecule has 0 amide bonds. The number of hydrogen-bond acceptors (Lipinski definition) is 2. The first kappa shape index (κ1) is 17.0. The van der Waals surface area contributed by atoms with Gasteiger partial charge >= 0.3 is 0 Å². The second-order valence-electron chi connectivity index (χ2n) is 7.32. The Kier molecular flexibility index (Phi) is 6.13. The molecule has 0 spiro atoms. The fourth-order valence-corrected chi connectivity index (χ4v) is 4.73. The quantitative estimate of drug-likeness (QED) is 0.703. The third-order valence-corrected chi connectivity index (χ3v) is 5.93. The fourth-order valence-electron chi connectivity index (χ4n) is 4.73. The first-order valence-electron chi connectivity index (χ1n) is 9.77. The van der Waals surface area contributed by atoms with E-state index in [1.54, 1.807) is 0 Å². The van der Waals surface area contributed by atoms with Gasteiger partial charge in [-0.15, -0.1) is 0 Å². The standard InChI is InChI=1S/C21H33NO/c1-2-23-21(19-11-5-3-6-12-19,20-13-7-4-8-14-20)15-18-22-16-9-10-17-22/h3,5-6,11-12,20H,2,4,7-10,13-18H2,1H3. The second-order valence-corrected chi connectivity index (χ2v) is 7.32. The Morgan fingerprint density at radius 1 is 1.00 bits per heavy atom. The molecule has 1 atom stereocenters. The highest BCUT2D eigenvalue weighted by Gasteiger charge is 2.41. The Morgan fingerprint density at radius 3 is 2.35 bits per heavy atom. The van der Waals surface area contributed by atoms with Gasteiger partial charge in [-0.2, -0.15) is 0 Å². The fraction of sp³-hybridized carbons (Fsp3) is 0.714. The van der Waals surface area contributed by atoms with Crippen molar-refractivity contribution in [3.05, 3.63) is 35.9 Å². The molecule has 23 heavy (non-hydrogen) atoms. The van der Waals surface area contributed by atoms with Crippen molar-refractivity contribution in [1.82, 2.24) is 4.90 Å². The highest BCUT2D eigenvalue weighted by Crippen LogP contribution is 2.44. The molecule has 0 bridgehead atoms. The molecule has 1 aliphatic carbocycles. The summed E-state index contributed by atoms with van der Waals surface area (Å²) >= 11 is 0. The van der Waals surface area contributed by atoms with Crippen LogP contribution in [0, 0.1) is 5.92 Å². The van der Waals surface area contributed by atoms with Crippen LogP contribution >= 0.6 is 0 Å². The average molecular weight is 316 g/mol. The highest BCUT2D eigenvalue weighted by atomic mass is 16.5. The van der Waals surface area contributed by atoms with Crippen LogP contribution in [-0.4, -0.2) is 31.1 Å². The molecule has 0 radical (unpaired) electrons. The first-order chi connectivity index (χ1) is 11.3. The van der Waals surface area contributed by atoms with Crippen LogP contribution in [0.5, 0.6) is 0 Å². The number of rotatable bonds is 7. The van der Waals surface area contributed by atoms with Gasteiger partial charge in [0, 0.05) is 13.2 Å². The van der Waals surface area contributed by atoms with E-state index in [1.807, 2.05) is 0 Å². The van der Waals surface area contributed by atoms with Crippen molar-refractivity contribution in [2.75, 3.05) is 26.2 Å². The van der Waals surface area contributed by atoms with E-state index in [0.29, 0.717) is 5.92 Å². The zero-order valence-corrected chi connectivity index (χ0v) is 14.8. The Labute approximate surface area is 142 Å². The molecule has 1 aromatic carbocycles. The lowest BCUT2D eigenvalue weighted by molar-refractivity contribution is -0.108. The molecule has 2 heteroatoms. The SMILES string of the molecule is CCOC(CCN1CCCC1)(c1ccccc1)C1CCCCC1. The maximum atomic E-state index is 6.59. The van der Waals surface area contributed by atoms with Gasteiger partial charge in [-0.05, 0) is 63.6 Å². The lowest BCUT2D eigenvalue weighted by Gasteiger charge is -2.44. The van der Waals surface area contributed by atoms with Crippen molar-refractivity contribution >= 4 is 0 Å². The van der Waals surface area contributed by atoms with Crippen molar-refractivity contribution in [2.24, 2.45) is 5.92 Å². The number of ether oxygens (including phenoxy) is 1. The van der Waals surface area contributed by atoms with Crippen molar-refractivity contribution < 1.29 is 4.74 Å². The third-order valence-electron chi connectivity index (χ3n) is 5.93. The summed E-state index contributed by atoms with van der Waals surface area (Å²) in [7, 11) is 0. The van der Waals surface area contributed by atoms with Crippen LogP contribution in [0.3, 0.4) is 0 Å². The van der Waals surface area contributed by atoms with Gasteiger partial charge in [0.25, 0.3) is 0 Å². The predicted molar refractivity (Wildman–Crippen MR) is 96.6 cm³/mol. The minimum atomic E-state index is -0.0704. The molecule has 1 heterocycles. The van der Waals surface area contributed by atoms with Crippen LogP contribution in [-0.2, 0) is 10.3 Å². The molecular weight excluding hydrogens is 282 g/mol. The summed E-state index contributed by atoms with van der Waals surface area (Å²) in [5.41, 5.74) is 1.34. The molecule has 1 saturated heterocycles. The molecule has 0 aromatic heterocycles. The smallest absolute Gasteiger partial charge is 0.0971 e. The van der Waals surface area contributed by atoms with Crippen molar-refractivity contribution in [3.63, 3.8) is 0 Å². The van der Waals surface area contributed by atoms with E-state index in [-0.39, 0.29) is 5.60 Å². The molecular formula is C21H33NO. The van der Waals surface area contributed by atoms with E-state index in [9.17, 15) is 0 Å². The normalized spacial score (nSPS) is 23.0. The minimum Gasteiger partial charge on any atom is -0.370 e. The maximum Gasteiger partial charge on any atom is 0.0971 e. The van der Waals surface area contributed by atoms with Crippen molar-refractivity contribution in [2.45, 2.75) is 63.9 Å². The van der Waals surface area contributed by atoms with Crippen LogP contribution in [0.1, 0.15) is 63.9 Å². The van der Waals surface area contributed by atoms with Gasteiger partial charge in [0.1, 0.15) is 0 Å². The summed E-state index contributed by atoms with van der Waals surface area (Å²) in [5, 5.41) is 0. The number of nitrogens with zero attached hydrogens (tertiary/aromatic N) is 1. The topological polar surface area (TPSA) is 12.5 Å². The van der Waals surface area contributed by atoms with Gasteiger partial charge in [-0.25, -0.2) is 0 Å². The molecule has 2 fully saturated rings. The summed E-state index contributed by atoms with van der Waals surface area (Å²) < 4.78 is 6.59. The molecule has 1 unspecified atom stereocenters. The minimum absolute atomic E-state index is 0.0704. The van der Waals surface area contributed by atoms with E-state index in [1.165, 1.54) is 70.1 Å². The van der Waals surface area contributed by atoms with Gasteiger partial charge in [-0.3, -0.25) is 0 Å². The first-order valence-corrected chi connectivity index (χ1v) is 9.77. The van der Waals surface area contributed by atoms with Crippen LogP contribution in [0.2, 0.25) is 0 Å². The zero-order valence-electron chi connectivity index (χ0n) is 14.8. The Morgan fingerprint density at radius 2 is 1.70 bits per heavy atom. The number of benzene rings is 1. The van der Waals surface area contributed by atoms with Gasteiger partial charge in [0.05, 0.1) is 5.60 Å². The second kappa shape index (κ2) is 8.30. The van der Waals surface area contributed by atoms with E-state index >= 15 is 0 Å². The molecule has 3 rings (SSSR count). The summed E-state index contributed by atoms with van der Waals surface area (Å²) in [6, 6.07) is 11.1.